The molecule has 2 aliphatic carbocycles. The van der Waals surface area contributed by atoms with Crippen LogP contribution >= 0.6 is 0 Å². The third kappa shape index (κ3) is 22.5. The van der Waals surface area contributed by atoms with Crippen LogP contribution in [-0.4, -0.2) is 111 Å². The molecule has 18 nitrogen and oxygen atoms in total. The largest absolute Gasteiger partial charge is 0.453 e. The smallest absolute Gasteiger partial charge is 0.326 e. The normalized spacial score (nSPS) is 19.8. The molecule has 384 valence electrons. The van der Waals surface area contributed by atoms with E-state index in [1.807, 2.05) is 140 Å². The number of esters is 2. The molecular formula is C50H68N4O14S2. The van der Waals surface area contributed by atoms with E-state index in [9.17, 15) is 45.6 Å². The fourth-order valence-corrected chi connectivity index (χ4v) is 7.89. The maximum Gasteiger partial charge on any atom is 0.326 e. The number of amides is 4. The van der Waals surface area contributed by atoms with Crippen LogP contribution in [0.1, 0.15) is 82.1 Å². The first-order valence-corrected chi connectivity index (χ1v) is 25.5. The first-order valence-electron chi connectivity index (χ1n) is 22.3. The van der Waals surface area contributed by atoms with Crippen molar-refractivity contribution >= 4 is 55.8 Å². The summed E-state index contributed by atoms with van der Waals surface area (Å²) in [7, 11) is -8.51. The van der Waals surface area contributed by atoms with Gasteiger partial charge in [-0.15, -0.1) is 0 Å². The Morgan fingerprint density at radius 1 is 0.557 bits per heavy atom. The topological polar surface area (TPSA) is 278 Å². The van der Waals surface area contributed by atoms with Crippen LogP contribution in [0.4, 0.5) is 9.59 Å². The molecule has 0 aromatic carbocycles. The summed E-state index contributed by atoms with van der Waals surface area (Å²) in [6.07, 6.45) is 25.5. The van der Waals surface area contributed by atoms with Gasteiger partial charge in [0.15, 0.2) is 23.8 Å². The first-order chi connectivity index (χ1) is 32.4. The molecule has 0 aromatic heterocycles. The minimum absolute atomic E-state index is 0.230. The quantitative estimate of drug-likeness (QED) is 0.0390. The van der Waals surface area contributed by atoms with Gasteiger partial charge in [0.1, 0.15) is 13.1 Å². The molecule has 0 saturated carbocycles. The summed E-state index contributed by atoms with van der Waals surface area (Å²) in [5.74, 6) is -3.71. The molecule has 0 fully saturated rings. The van der Waals surface area contributed by atoms with Crippen molar-refractivity contribution in [2.45, 2.75) is 94.3 Å². The molecule has 0 saturated heterocycles. The average Bonchev–Trinajstić information content (AvgIpc) is 3.23. The van der Waals surface area contributed by atoms with E-state index in [2.05, 4.69) is 21.3 Å². The second-order valence-electron chi connectivity index (χ2n) is 18.1. The van der Waals surface area contributed by atoms with Crippen molar-refractivity contribution in [3.05, 3.63) is 130 Å². The Morgan fingerprint density at radius 3 is 1.20 bits per heavy atom. The lowest BCUT2D eigenvalue weighted by Crippen LogP contribution is -2.43. The van der Waals surface area contributed by atoms with Crippen LogP contribution in [0.2, 0.25) is 0 Å². The zero-order valence-electron chi connectivity index (χ0n) is 41.5. The van der Waals surface area contributed by atoms with Gasteiger partial charge in [-0.2, -0.15) is 16.8 Å². The van der Waals surface area contributed by atoms with E-state index < -0.39 is 91.9 Å². The number of carbonyl (C=O) groups is 6. The summed E-state index contributed by atoms with van der Waals surface area (Å²) in [6, 6.07) is -1.67. The molecule has 2 unspecified atom stereocenters. The van der Waals surface area contributed by atoms with E-state index in [4.69, 9.17) is 18.6 Å². The molecule has 0 heterocycles. The highest BCUT2D eigenvalue weighted by molar-refractivity contribution is 7.86. The van der Waals surface area contributed by atoms with Gasteiger partial charge in [-0.25, -0.2) is 9.59 Å². The number of nitrogens with one attached hydrogen (secondary N) is 4. The average molecular weight is 1010 g/mol. The Bertz CT molecular complexity index is 2410. The molecule has 6 N–H and O–H groups in total. The van der Waals surface area contributed by atoms with E-state index in [-0.39, 0.29) is 37.5 Å². The van der Waals surface area contributed by atoms with Crippen molar-refractivity contribution in [1.29, 1.82) is 0 Å². The van der Waals surface area contributed by atoms with Gasteiger partial charge in [0, 0.05) is 25.9 Å². The predicted octanol–water partition coefficient (Wildman–Crippen LogP) is 6.38. The van der Waals surface area contributed by atoms with Gasteiger partial charge in [-0.3, -0.25) is 28.3 Å². The van der Waals surface area contributed by atoms with Crippen molar-refractivity contribution in [1.82, 2.24) is 21.3 Å². The molecule has 0 bridgehead atoms. The molecule has 0 aliphatic heterocycles. The van der Waals surface area contributed by atoms with Gasteiger partial charge < -0.3 is 30.7 Å². The Morgan fingerprint density at radius 2 is 0.871 bits per heavy atom. The number of rotatable bonds is 22. The second-order valence-corrected chi connectivity index (χ2v) is 21.3. The summed E-state index contributed by atoms with van der Waals surface area (Å²) in [6.45, 7) is 17.2. The van der Waals surface area contributed by atoms with Crippen LogP contribution in [0.3, 0.4) is 0 Å². The van der Waals surface area contributed by atoms with Crippen LogP contribution in [0.5, 0.6) is 0 Å². The highest BCUT2D eigenvalue weighted by Crippen LogP contribution is 2.42. The van der Waals surface area contributed by atoms with E-state index in [1.165, 1.54) is 0 Å². The van der Waals surface area contributed by atoms with Crippen LogP contribution in [0.25, 0.3) is 0 Å². The zero-order valence-corrected chi connectivity index (χ0v) is 43.1. The molecule has 2 aliphatic rings. The highest BCUT2D eigenvalue weighted by Gasteiger charge is 2.41. The summed E-state index contributed by atoms with van der Waals surface area (Å²) < 4.78 is 71.4. The first kappa shape index (κ1) is 59.9. The maximum atomic E-state index is 13.2. The monoisotopic (exact) mass is 1010 g/mol. The molecule has 0 aromatic rings. The van der Waals surface area contributed by atoms with Crippen molar-refractivity contribution in [3.8, 4) is 0 Å². The standard InChI is InChI=1S/C50H68N4O14S2/c1-33(17-13-19-35(3)21-23-39-37(5)45(57)41(29-49(39,7)8)67-43(55)31-53-47(59)51-25-27-69(61,62)63)15-11-12-16-34(2)18-14-20-36(4)22-24-40-38(6)46(58)42(30-50(40,9)10)68-44(56)32-54-48(60)52-26-28-70(64,65)66/h11-24,41-42H,25-32H2,1-10H3,(H2,51,53,59)(H2,52,54,60)(H,61,62,63)(H,64,65,66)/b12-11+,17-13+,18-14+,23-21+,24-22+,33-15+,34-16+,35-19+,36-20+. The number of Topliss-reactive ketones (excluding diaryl/α,β-unsaturated/α-hetero) is 2. The van der Waals surface area contributed by atoms with Gasteiger partial charge in [0.2, 0.25) is 0 Å². The number of urea groups is 2. The maximum absolute atomic E-state index is 13.2. The zero-order chi connectivity index (χ0) is 53.0. The van der Waals surface area contributed by atoms with Gasteiger partial charge >= 0.3 is 24.0 Å². The van der Waals surface area contributed by atoms with Gasteiger partial charge in [-0.1, -0.05) is 135 Å². The molecule has 4 amide bonds. The molecular weight excluding hydrogens is 945 g/mol. The van der Waals surface area contributed by atoms with E-state index in [0.717, 1.165) is 33.4 Å². The van der Waals surface area contributed by atoms with Gasteiger partial charge in [-0.05, 0) is 74.7 Å². The number of carbonyl (C=O) groups excluding carboxylic acids is 6. The van der Waals surface area contributed by atoms with E-state index >= 15 is 0 Å². The van der Waals surface area contributed by atoms with Gasteiger partial charge in [0.05, 0.1) is 11.5 Å². The van der Waals surface area contributed by atoms with Crippen LogP contribution < -0.4 is 21.3 Å². The Labute approximate surface area is 412 Å². The summed E-state index contributed by atoms with van der Waals surface area (Å²) >= 11 is 0. The third-order valence-corrected chi connectivity index (χ3v) is 12.3. The van der Waals surface area contributed by atoms with Crippen LogP contribution in [0, 0.1) is 10.8 Å². The third-order valence-electron chi connectivity index (χ3n) is 10.9. The van der Waals surface area contributed by atoms with Crippen molar-refractivity contribution in [2.24, 2.45) is 10.8 Å². The fraction of sp³-hybridized carbons (Fsp3) is 0.440. The molecule has 20 heteroatoms. The van der Waals surface area contributed by atoms with E-state index in [0.29, 0.717) is 11.1 Å². The van der Waals surface area contributed by atoms with Crippen molar-refractivity contribution in [2.75, 3.05) is 37.7 Å². The predicted molar refractivity (Wildman–Crippen MR) is 268 cm³/mol. The Hall–Kier alpha value is -6.22. The lowest BCUT2D eigenvalue weighted by molar-refractivity contribution is -0.155. The summed E-state index contributed by atoms with van der Waals surface area (Å²) in [5, 5.41) is 8.84. The molecule has 0 spiro atoms. The molecule has 2 rings (SSSR count). The number of hydrogen-bond acceptors (Lipinski definition) is 12. The lowest BCUT2D eigenvalue weighted by atomic mass is 9.71. The van der Waals surface area contributed by atoms with E-state index in [1.54, 1.807) is 13.8 Å². The fourth-order valence-electron chi connectivity index (χ4n) is 7.17. The number of allylic oxidation sites excluding steroid dienone is 20. The molecule has 70 heavy (non-hydrogen) atoms. The second kappa shape index (κ2) is 27.2. The number of ketones is 2. The lowest BCUT2D eigenvalue weighted by Gasteiger charge is -2.36. The minimum Gasteiger partial charge on any atom is -0.453 e. The number of hydrogen-bond donors (Lipinski definition) is 6. The molecule has 0 radical (unpaired) electrons. The SMILES string of the molecule is CC1=C(/C=C/C(C)=C/C=C/C(C)=C/C=C/C=C(C)/C=C/C=C(C)/C=C/C2=C(C)C(=O)C(OC(=O)CNC(=O)NCCS(=O)(=O)O)CC2(C)C)C(C)(C)CC(OC(=O)CNC(=O)NCCS(=O)(=O)O)C1=O. The van der Waals surface area contributed by atoms with Crippen LogP contribution in [0.15, 0.2) is 130 Å². The van der Waals surface area contributed by atoms with Crippen molar-refractivity contribution < 1.29 is 64.2 Å². The Kier molecular flexibility index (Phi) is 23.3. The minimum atomic E-state index is -4.25. The summed E-state index contributed by atoms with van der Waals surface area (Å²) in [4.78, 5) is 74.8. The highest BCUT2D eigenvalue weighted by atomic mass is 32.2. The number of ether oxygens (including phenoxy) is 2. The van der Waals surface area contributed by atoms with Crippen molar-refractivity contribution in [3.63, 3.8) is 0 Å². The van der Waals surface area contributed by atoms with Crippen LogP contribution in [-0.2, 0) is 48.9 Å². The summed E-state index contributed by atoms with van der Waals surface area (Å²) in [5.41, 5.74) is 5.42. The Balaban J connectivity index is 1.93. The molecule has 2 atom stereocenters. The van der Waals surface area contributed by atoms with Gasteiger partial charge in [0.25, 0.3) is 20.2 Å².